The SMILES string of the molecule is CCCC(C)[C@H](CC)n1ncn(-c2ccc(N3CCN(c4ccc(OC[C@H]5COC(Cn6cncn6)(c6ccc(F)cc6F)O5)cc4)CC3)cc2)c1=O. The van der Waals surface area contributed by atoms with Gasteiger partial charge in [-0.1, -0.05) is 27.2 Å². The molecule has 5 aromatic rings. The van der Waals surface area contributed by atoms with Gasteiger partial charge in [0, 0.05) is 49.2 Å². The Balaban J connectivity index is 0.919. The third-order valence-corrected chi connectivity index (χ3v) is 10.3. The molecule has 0 aliphatic carbocycles. The van der Waals surface area contributed by atoms with Crippen LogP contribution in [-0.4, -0.2) is 74.6 Å². The fourth-order valence-electron chi connectivity index (χ4n) is 7.46. The number of anilines is 2. The van der Waals surface area contributed by atoms with Crippen molar-refractivity contribution < 1.29 is 23.0 Å². The van der Waals surface area contributed by atoms with E-state index in [1.807, 2.05) is 36.4 Å². The number of halogens is 2. The van der Waals surface area contributed by atoms with Crippen LogP contribution in [0.4, 0.5) is 20.2 Å². The molecule has 0 radical (unpaired) electrons. The molecule has 2 unspecified atom stereocenters. The second-order valence-corrected chi connectivity index (χ2v) is 13.8. The number of hydrogen-bond acceptors (Lipinski definition) is 9. The molecule has 0 saturated carbocycles. The highest BCUT2D eigenvalue weighted by Gasteiger charge is 2.46. The number of nitrogens with zero attached hydrogens (tertiary/aromatic N) is 8. The maximum Gasteiger partial charge on any atom is 0.350 e. The number of rotatable bonds is 14. The lowest BCUT2D eigenvalue weighted by Gasteiger charge is -2.37. The Hall–Kier alpha value is -5.08. The molecule has 280 valence electrons. The van der Waals surface area contributed by atoms with E-state index >= 15 is 0 Å². The minimum Gasteiger partial charge on any atom is -0.491 e. The van der Waals surface area contributed by atoms with Crippen molar-refractivity contribution in [3.8, 4) is 11.4 Å². The van der Waals surface area contributed by atoms with Gasteiger partial charge in [0.15, 0.2) is 0 Å². The molecule has 2 aliphatic heterocycles. The van der Waals surface area contributed by atoms with E-state index in [0.717, 1.165) is 68.6 Å². The lowest BCUT2D eigenvalue weighted by molar-refractivity contribution is -0.192. The summed E-state index contributed by atoms with van der Waals surface area (Å²) in [6.45, 7) is 10.2. The van der Waals surface area contributed by atoms with Crippen molar-refractivity contribution in [3.05, 3.63) is 113 Å². The molecule has 0 bridgehead atoms. The van der Waals surface area contributed by atoms with Gasteiger partial charge in [-0.2, -0.15) is 10.2 Å². The van der Waals surface area contributed by atoms with Crippen molar-refractivity contribution >= 4 is 11.4 Å². The van der Waals surface area contributed by atoms with Crippen LogP contribution in [0, 0.1) is 17.6 Å². The van der Waals surface area contributed by atoms with Crippen LogP contribution in [0.1, 0.15) is 51.6 Å². The first-order valence-corrected chi connectivity index (χ1v) is 18.4. The normalized spacial score (nSPS) is 20.1. The standard InChI is InChI=1S/C39H46F2N8O4/c1-4-6-28(3)37(5-2)49-38(50)48(27-44-49)32-10-8-30(9-11-32)45-17-19-46(20-18-45)31-12-14-33(15-13-31)51-22-34-23-52-39(53-34,24-47-26-42-25-43-47)35-16-7-29(40)21-36(35)41/h7-16,21,25-28,34,37H,4-6,17-20,22-24H2,1-3H3/t28?,34-,37-,39?/m0/s1. The Bertz CT molecular complexity index is 2000. The Morgan fingerprint density at radius 2 is 1.58 bits per heavy atom. The van der Waals surface area contributed by atoms with Crippen LogP contribution in [0.5, 0.6) is 5.75 Å². The fourth-order valence-corrected chi connectivity index (χ4v) is 7.46. The van der Waals surface area contributed by atoms with Crippen LogP contribution < -0.4 is 20.2 Å². The van der Waals surface area contributed by atoms with Gasteiger partial charge >= 0.3 is 5.69 Å². The van der Waals surface area contributed by atoms with Gasteiger partial charge in [-0.25, -0.2) is 32.5 Å². The molecular weight excluding hydrogens is 682 g/mol. The molecular formula is C39H46F2N8O4. The van der Waals surface area contributed by atoms with Crippen molar-refractivity contribution in [1.29, 1.82) is 0 Å². The molecule has 4 heterocycles. The second kappa shape index (κ2) is 15.9. The zero-order chi connectivity index (χ0) is 37.0. The molecule has 2 fully saturated rings. The molecule has 2 saturated heterocycles. The molecule has 2 aromatic heterocycles. The molecule has 2 aliphatic rings. The Labute approximate surface area is 307 Å². The van der Waals surface area contributed by atoms with Crippen LogP contribution in [0.3, 0.4) is 0 Å². The molecule has 0 spiro atoms. The lowest BCUT2D eigenvalue weighted by atomic mass is 9.95. The summed E-state index contributed by atoms with van der Waals surface area (Å²) in [6.07, 6.45) is 6.99. The van der Waals surface area contributed by atoms with Crippen LogP contribution in [0.15, 0.2) is 90.5 Å². The highest BCUT2D eigenvalue weighted by Crippen LogP contribution is 2.38. The summed E-state index contributed by atoms with van der Waals surface area (Å²) in [5, 5.41) is 8.60. The monoisotopic (exact) mass is 728 g/mol. The zero-order valence-electron chi connectivity index (χ0n) is 30.4. The highest BCUT2D eigenvalue weighted by molar-refractivity contribution is 5.54. The van der Waals surface area contributed by atoms with Gasteiger partial charge in [0.2, 0.25) is 5.79 Å². The quantitative estimate of drug-likeness (QED) is 0.137. The molecule has 7 rings (SSSR count). The van der Waals surface area contributed by atoms with E-state index in [-0.39, 0.29) is 37.1 Å². The van der Waals surface area contributed by atoms with Gasteiger partial charge in [0.25, 0.3) is 0 Å². The van der Waals surface area contributed by atoms with E-state index in [9.17, 15) is 13.6 Å². The maximum absolute atomic E-state index is 14.9. The Morgan fingerprint density at radius 1 is 0.906 bits per heavy atom. The van der Waals surface area contributed by atoms with E-state index in [1.54, 1.807) is 15.6 Å². The summed E-state index contributed by atoms with van der Waals surface area (Å²) >= 11 is 0. The first-order valence-electron chi connectivity index (χ1n) is 18.4. The Morgan fingerprint density at radius 3 is 2.21 bits per heavy atom. The van der Waals surface area contributed by atoms with Crippen molar-refractivity contribution in [2.24, 2.45) is 5.92 Å². The van der Waals surface area contributed by atoms with Crippen molar-refractivity contribution in [1.82, 2.24) is 29.1 Å². The van der Waals surface area contributed by atoms with E-state index in [1.165, 1.54) is 29.5 Å². The number of ether oxygens (including phenoxy) is 3. The third kappa shape index (κ3) is 7.84. The zero-order valence-corrected chi connectivity index (χ0v) is 30.4. The molecule has 4 atom stereocenters. The number of benzene rings is 3. The van der Waals surface area contributed by atoms with E-state index in [0.29, 0.717) is 11.7 Å². The lowest BCUT2D eigenvalue weighted by Crippen LogP contribution is -2.46. The smallest absolute Gasteiger partial charge is 0.350 e. The first-order chi connectivity index (χ1) is 25.8. The predicted molar refractivity (Wildman–Crippen MR) is 196 cm³/mol. The van der Waals surface area contributed by atoms with Crippen LogP contribution in [0.2, 0.25) is 0 Å². The summed E-state index contributed by atoms with van der Waals surface area (Å²) < 4.78 is 51.7. The highest BCUT2D eigenvalue weighted by atomic mass is 19.1. The van der Waals surface area contributed by atoms with Gasteiger partial charge in [0.1, 0.15) is 55.6 Å². The summed E-state index contributed by atoms with van der Waals surface area (Å²) in [5.41, 5.74) is 3.01. The molecule has 0 amide bonds. The average Bonchev–Trinajstić information content (AvgIpc) is 3.93. The second-order valence-electron chi connectivity index (χ2n) is 13.8. The largest absolute Gasteiger partial charge is 0.491 e. The molecule has 3 aromatic carbocycles. The van der Waals surface area contributed by atoms with Crippen LogP contribution in [-0.2, 0) is 21.8 Å². The molecule has 14 heteroatoms. The fraction of sp³-hybridized carbons (Fsp3) is 0.436. The van der Waals surface area contributed by atoms with Crippen LogP contribution in [0.25, 0.3) is 5.69 Å². The van der Waals surface area contributed by atoms with Gasteiger partial charge in [-0.15, -0.1) is 0 Å². The maximum atomic E-state index is 14.9. The van der Waals surface area contributed by atoms with Gasteiger partial charge in [0.05, 0.1) is 18.3 Å². The number of hydrogen-bond donors (Lipinski definition) is 0. The summed E-state index contributed by atoms with van der Waals surface area (Å²) in [6, 6.07) is 19.5. The van der Waals surface area contributed by atoms with Crippen molar-refractivity contribution in [2.45, 2.75) is 64.5 Å². The Kier molecular flexibility index (Phi) is 10.9. The summed E-state index contributed by atoms with van der Waals surface area (Å²) in [5.74, 6) is -1.91. The summed E-state index contributed by atoms with van der Waals surface area (Å²) in [7, 11) is 0. The molecule has 12 nitrogen and oxygen atoms in total. The van der Waals surface area contributed by atoms with Crippen molar-refractivity contribution in [3.63, 3.8) is 0 Å². The topological polar surface area (TPSA) is 105 Å². The van der Waals surface area contributed by atoms with Gasteiger partial charge in [-0.3, -0.25) is 0 Å². The van der Waals surface area contributed by atoms with Gasteiger partial charge in [-0.05, 0) is 79.4 Å². The van der Waals surface area contributed by atoms with Crippen LogP contribution >= 0.6 is 0 Å². The predicted octanol–water partition coefficient (Wildman–Crippen LogP) is 5.97. The van der Waals surface area contributed by atoms with E-state index in [4.69, 9.17) is 14.2 Å². The average molecular weight is 729 g/mol. The van der Waals surface area contributed by atoms with Gasteiger partial charge < -0.3 is 24.0 Å². The number of piperazine rings is 1. The molecule has 0 N–H and O–H groups in total. The number of aromatic nitrogens is 6. The van der Waals surface area contributed by atoms with E-state index in [2.05, 4.69) is 57.9 Å². The summed E-state index contributed by atoms with van der Waals surface area (Å²) in [4.78, 5) is 21.9. The minimum atomic E-state index is -1.51. The van der Waals surface area contributed by atoms with Crippen molar-refractivity contribution in [2.75, 3.05) is 49.2 Å². The van der Waals surface area contributed by atoms with E-state index < -0.39 is 23.5 Å². The molecule has 53 heavy (non-hydrogen) atoms. The third-order valence-electron chi connectivity index (χ3n) is 10.3. The minimum absolute atomic E-state index is 0.0330. The first kappa shape index (κ1) is 36.3.